The summed E-state index contributed by atoms with van der Waals surface area (Å²) >= 11 is 0. The fourth-order valence-electron chi connectivity index (χ4n) is 7.44. The molecule has 3 aromatic rings. The molecule has 5 nitrogen and oxygen atoms in total. The van der Waals surface area contributed by atoms with E-state index in [0.717, 1.165) is 73.9 Å². The van der Waals surface area contributed by atoms with Gasteiger partial charge in [0.25, 0.3) is 0 Å². The summed E-state index contributed by atoms with van der Waals surface area (Å²) in [5, 5.41) is 7.69. The summed E-state index contributed by atoms with van der Waals surface area (Å²) in [6.07, 6.45) is 10.5. The Morgan fingerprint density at radius 3 is 2.19 bits per heavy atom. The standard InChI is InChI=1S/C31H38N3O2.ClH/c35-30(31(18-9-1-2-10-19-31)26-13-7-4-8-14-26)36-28-23-34(21-16-24(28)17-22-34)29(27-15-20-32-33-27)25-11-5-3-6-12-25;/h3-8,11-15,20,24,28-29H,1-2,9-10,16-19,21-23H2,(H,32,33);1H/q+1;/p-1/t24?,28-,29?,34?;/m0./s1. The number of carbonyl (C=O) groups excluding carboxylic acids is 1. The Balaban J connectivity index is 0.00000280. The number of esters is 1. The summed E-state index contributed by atoms with van der Waals surface area (Å²) in [4.78, 5) is 14.1. The van der Waals surface area contributed by atoms with Crippen molar-refractivity contribution in [1.29, 1.82) is 0 Å². The Hall–Kier alpha value is -2.63. The highest BCUT2D eigenvalue weighted by molar-refractivity contribution is 5.83. The van der Waals surface area contributed by atoms with Crippen LogP contribution in [0.4, 0.5) is 0 Å². The monoisotopic (exact) mass is 519 g/mol. The van der Waals surface area contributed by atoms with Crippen molar-refractivity contribution in [2.45, 2.75) is 68.9 Å². The van der Waals surface area contributed by atoms with E-state index in [1.807, 2.05) is 12.3 Å². The second-order valence-electron chi connectivity index (χ2n) is 11.3. The zero-order valence-corrected chi connectivity index (χ0v) is 22.3. The number of quaternary nitrogens is 1. The molecule has 6 heteroatoms. The number of ether oxygens (including phenoxy) is 1. The molecule has 1 aromatic heterocycles. The number of carbonyl (C=O) groups is 1. The van der Waals surface area contributed by atoms with Gasteiger partial charge in [-0.2, -0.15) is 5.10 Å². The Morgan fingerprint density at radius 2 is 1.57 bits per heavy atom. The zero-order chi connectivity index (χ0) is 24.4. The van der Waals surface area contributed by atoms with E-state index < -0.39 is 5.41 Å². The number of hydrogen-bond acceptors (Lipinski definition) is 3. The molecule has 2 bridgehead atoms. The van der Waals surface area contributed by atoms with Crippen molar-refractivity contribution in [3.63, 3.8) is 0 Å². The quantitative estimate of drug-likeness (QED) is 0.309. The van der Waals surface area contributed by atoms with Crippen LogP contribution >= 0.6 is 0 Å². The van der Waals surface area contributed by atoms with Crippen molar-refractivity contribution in [3.05, 3.63) is 89.7 Å². The van der Waals surface area contributed by atoms with Gasteiger partial charge < -0.3 is 21.6 Å². The van der Waals surface area contributed by atoms with Crippen LogP contribution in [0.2, 0.25) is 0 Å². The summed E-state index contributed by atoms with van der Waals surface area (Å²) in [5.41, 5.74) is 3.01. The number of piperidine rings is 3. The van der Waals surface area contributed by atoms with Gasteiger partial charge in [0.1, 0.15) is 12.2 Å². The van der Waals surface area contributed by atoms with Crippen molar-refractivity contribution >= 4 is 5.97 Å². The molecule has 7 rings (SSSR count). The van der Waals surface area contributed by atoms with Crippen molar-refractivity contribution in [2.75, 3.05) is 19.6 Å². The first-order valence-corrected chi connectivity index (χ1v) is 13.9. The first-order chi connectivity index (χ1) is 17.7. The van der Waals surface area contributed by atoms with E-state index in [9.17, 15) is 4.79 Å². The number of fused-ring (bicyclic) bond motifs is 3. The molecule has 4 fully saturated rings. The van der Waals surface area contributed by atoms with Crippen LogP contribution in [-0.2, 0) is 14.9 Å². The molecule has 2 aromatic carbocycles. The molecule has 1 saturated carbocycles. The fraction of sp³-hybridized carbons (Fsp3) is 0.484. The largest absolute Gasteiger partial charge is 1.00 e. The Morgan fingerprint density at radius 1 is 0.919 bits per heavy atom. The van der Waals surface area contributed by atoms with E-state index in [-0.39, 0.29) is 30.5 Å². The van der Waals surface area contributed by atoms with Crippen LogP contribution in [0.15, 0.2) is 72.9 Å². The number of nitrogens with one attached hydrogen (secondary N) is 1. The zero-order valence-electron chi connectivity index (χ0n) is 21.5. The molecule has 0 amide bonds. The molecule has 37 heavy (non-hydrogen) atoms. The van der Waals surface area contributed by atoms with Gasteiger partial charge in [-0.3, -0.25) is 9.89 Å². The van der Waals surface area contributed by atoms with E-state index in [2.05, 4.69) is 70.9 Å². The van der Waals surface area contributed by atoms with Crippen molar-refractivity contribution in [3.8, 4) is 0 Å². The topological polar surface area (TPSA) is 55.0 Å². The number of aromatic amines is 1. The lowest BCUT2D eigenvalue weighted by Gasteiger charge is -2.55. The summed E-state index contributed by atoms with van der Waals surface area (Å²) in [7, 11) is 0. The molecule has 4 aliphatic rings. The molecule has 3 saturated heterocycles. The first kappa shape index (κ1) is 26.0. The lowest BCUT2D eigenvalue weighted by molar-refractivity contribution is -0.968. The maximum absolute atomic E-state index is 14.1. The molecule has 2 atom stereocenters. The van der Waals surface area contributed by atoms with Crippen LogP contribution in [0, 0.1) is 5.92 Å². The van der Waals surface area contributed by atoms with Gasteiger partial charge in [0.2, 0.25) is 0 Å². The van der Waals surface area contributed by atoms with E-state index in [4.69, 9.17) is 4.74 Å². The first-order valence-electron chi connectivity index (χ1n) is 13.9. The molecular weight excluding hydrogens is 482 g/mol. The highest BCUT2D eigenvalue weighted by Crippen LogP contribution is 2.46. The van der Waals surface area contributed by atoms with Crippen molar-refractivity contribution < 1.29 is 26.4 Å². The minimum atomic E-state index is -0.504. The third-order valence-corrected chi connectivity index (χ3v) is 9.36. The predicted molar refractivity (Wildman–Crippen MR) is 140 cm³/mol. The number of rotatable bonds is 6. The Kier molecular flexibility index (Phi) is 7.73. The van der Waals surface area contributed by atoms with Gasteiger partial charge >= 0.3 is 5.97 Å². The van der Waals surface area contributed by atoms with E-state index in [1.54, 1.807) is 0 Å². The molecule has 3 aliphatic heterocycles. The third-order valence-electron chi connectivity index (χ3n) is 9.36. The van der Waals surface area contributed by atoms with Gasteiger partial charge in [-0.15, -0.1) is 0 Å². The molecule has 4 heterocycles. The van der Waals surface area contributed by atoms with E-state index >= 15 is 0 Å². The summed E-state index contributed by atoms with van der Waals surface area (Å²) in [6.45, 7) is 3.08. The molecule has 1 aliphatic carbocycles. The molecule has 0 radical (unpaired) electrons. The third kappa shape index (κ3) is 4.84. The number of H-pyrrole nitrogens is 1. The van der Waals surface area contributed by atoms with Crippen molar-refractivity contribution in [2.24, 2.45) is 5.92 Å². The highest BCUT2D eigenvalue weighted by Gasteiger charge is 2.54. The molecule has 1 N–H and O–H groups in total. The fourth-order valence-corrected chi connectivity index (χ4v) is 7.44. The van der Waals surface area contributed by atoms with Crippen LogP contribution < -0.4 is 12.4 Å². The van der Waals surface area contributed by atoms with Crippen molar-refractivity contribution in [1.82, 2.24) is 10.2 Å². The Labute approximate surface area is 226 Å². The molecule has 196 valence electrons. The van der Waals surface area contributed by atoms with Crippen LogP contribution in [0.5, 0.6) is 0 Å². The van der Waals surface area contributed by atoms with E-state index in [0.29, 0.717) is 5.92 Å². The average Bonchev–Trinajstić information content (AvgIpc) is 3.33. The number of aromatic nitrogens is 2. The van der Waals surface area contributed by atoms with Crippen LogP contribution in [0.1, 0.15) is 74.2 Å². The lowest BCUT2D eigenvalue weighted by atomic mass is 9.74. The van der Waals surface area contributed by atoms with Crippen LogP contribution in [0.25, 0.3) is 0 Å². The number of nitrogens with zero attached hydrogens (tertiary/aromatic N) is 2. The minimum Gasteiger partial charge on any atom is -1.00 e. The number of hydrogen-bond donors (Lipinski definition) is 1. The predicted octanol–water partition coefficient (Wildman–Crippen LogP) is 2.95. The smallest absolute Gasteiger partial charge is 0.317 e. The highest BCUT2D eigenvalue weighted by atomic mass is 35.5. The average molecular weight is 520 g/mol. The SMILES string of the molecule is O=C(O[C@H]1C[N+]2(C(c3ccccc3)c3cc[nH]n3)CCC1CC2)C1(c2ccccc2)CCCCCC1.[Cl-]. The molecular formula is C31H38ClN3O2. The van der Waals surface area contributed by atoms with E-state index in [1.165, 1.54) is 18.4 Å². The summed E-state index contributed by atoms with van der Waals surface area (Å²) in [5.74, 6) is 0.478. The second kappa shape index (κ2) is 11.0. The van der Waals surface area contributed by atoms with Crippen LogP contribution in [-0.4, -0.2) is 46.4 Å². The molecule has 0 spiro atoms. The maximum atomic E-state index is 14.1. The van der Waals surface area contributed by atoms with Gasteiger partial charge in [0.05, 0.1) is 18.5 Å². The number of benzene rings is 2. The number of halogens is 1. The van der Waals surface area contributed by atoms with Gasteiger partial charge in [-0.25, -0.2) is 0 Å². The van der Waals surface area contributed by atoms with Gasteiger partial charge in [-0.1, -0.05) is 86.3 Å². The maximum Gasteiger partial charge on any atom is 0.317 e. The second-order valence-corrected chi connectivity index (χ2v) is 11.3. The minimum absolute atomic E-state index is 0. The lowest BCUT2D eigenvalue weighted by Crippen LogP contribution is -3.00. The summed E-state index contributed by atoms with van der Waals surface area (Å²) < 4.78 is 7.54. The van der Waals surface area contributed by atoms with Gasteiger partial charge in [0, 0.05) is 30.5 Å². The Bertz CT molecular complexity index is 1140. The normalized spacial score (nSPS) is 27.5. The van der Waals surface area contributed by atoms with Crippen LogP contribution in [0.3, 0.4) is 0 Å². The molecule has 1 unspecified atom stereocenters. The van der Waals surface area contributed by atoms with Gasteiger partial charge in [-0.05, 0) is 24.5 Å². The summed E-state index contributed by atoms with van der Waals surface area (Å²) in [6, 6.07) is 23.5. The van der Waals surface area contributed by atoms with Gasteiger partial charge in [0.15, 0.2) is 12.1 Å².